The van der Waals surface area contributed by atoms with Crippen LogP contribution in [0.3, 0.4) is 0 Å². The maximum Gasteiger partial charge on any atom is 0.147 e. The Hall–Kier alpha value is -1.54. The van der Waals surface area contributed by atoms with E-state index in [1.165, 1.54) is 12.1 Å². The normalized spacial score (nSPS) is 18.7. The Bertz CT molecular complexity index is 481. The fourth-order valence-corrected chi connectivity index (χ4v) is 2.82. The van der Waals surface area contributed by atoms with E-state index in [0.29, 0.717) is 23.0 Å². The van der Waals surface area contributed by atoms with Gasteiger partial charge in [0.25, 0.3) is 0 Å². The van der Waals surface area contributed by atoms with E-state index in [1.54, 1.807) is 4.90 Å². The Kier molecular flexibility index (Phi) is 2.37. The van der Waals surface area contributed by atoms with Crippen molar-refractivity contribution in [2.24, 2.45) is 0 Å². The smallest absolute Gasteiger partial charge is 0.147 e. The summed E-state index contributed by atoms with van der Waals surface area (Å²) in [5.74, 6) is 2.23. The summed E-state index contributed by atoms with van der Waals surface area (Å²) in [5.41, 5.74) is 6.17. The van der Waals surface area contributed by atoms with E-state index in [0.717, 1.165) is 0 Å². The standard InChI is InChI=1S/C10H9FN2OS/c1-2-3-13-6-15(14)10-4-7(11)8(12)5-9(10)13/h1,4-5H,3,6,12H2. The lowest BCUT2D eigenvalue weighted by molar-refractivity contribution is 0.628. The molecule has 0 aromatic heterocycles. The van der Waals surface area contributed by atoms with Gasteiger partial charge in [0.15, 0.2) is 0 Å². The summed E-state index contributed by atoms with van der Waals surface area (Å²) in [6.07, 6.45) is 5.18. The molecule has 0 amide bonds. The van der Waals surface area contributed by atoms with Crippen LogP contribution in [-0.4, -0.2) is 16.6 Å². The molecule has 0 bridgehead atoms. The van der Waals surface area contributed by atoms with Crippen molar-refractivity contribution in [3.8, 4) is 12.3 Å². The molecule has 1 aromatic carbocycles. The van der Waals surface area contributed by atoms with E-state index in [4.69, 9.17) is 12.2 Å². The van der Waals surface area contributed by atoms with E-state index in [2.05, 4.69) is 5.92 Å². The fourth-order valence-electron chi connectivity index (χ4n) is 1.51. The van der Waals surface area contributed by atoms with Gasteiger partial charge in [-0.05, 0) is 12.1 Å². The molecular formula is C10H9FN2OS. The Morgan fingerprint density at radius 1 is 1.67 bits per heavy atom. The van der Waals surface area contributed by atoms with Crippen LogP contribution in [0.25, 0.3) is 0 Å². The predicted octanol–water partition coefficient (Wildman–Crippen LogP) is 0.926. The first-order valence-corrected chi connectivity index (χ1v) is 5.61. The third-order valence-electron chi connectivity index (χ3n) is 2.22. The van der Waals surface area contributed by atoms with Crippen LogP contribution in [0.2, 0.25) is 0 Å². The van der Waals surface area contributed by atoms with Gasteiger partial charge in [-0.3, -0.25) is 4.21 Å². The van der Waals surface area contributed by atoms with E-state index >= 15 is 0 Å². The minimum atomic E-state index is -1.21. The first kappa shape index (κ1) is 9.99. The highest BCUT2D eigenvalue weighted by atomic mass is 32.2. The van der Waals surface area contributed by atoms with E-state index in [9.17, 15) is 8.60 Å². The van der Waals surface area contributed by atoms with Gasteiger partial charge in [-0.1, -0.05) is 5.92 Å². The van der Waals surface area contributed by atoms with E-state index in [-0.39, 0.29) is 5.69 Å². The molecule has 15 heavy (non-hydrogen) atoms. The molecule has 1 aromatic rings. The summed E-state index contributed by atoms with van der Waals surface area (Å²) >= 11 is 0. The quantitative estimate of drug-likeness (QED) is 0.570. The molecule has 1 aliphatic rings. The molecule has 3 nitrogen and oxygen atoms in total. The van der Waals surface area contributed by atoms with E-state index in [1.807, 2.05) is 0 Å². The predicted molar refractivity (Wildman–Crippen MR) is 58.3 cm³/mol. The number of nitrogens with zero attached hydrogens (tertiary/aromatic N) is 1. The SMILES string of the molecule is C#CCN1CS(=O)c2cc(F)c(N)cc21. The van der Waals surface area contributed by atoms with Crippen molar-refractivity contribution in [1.29, 1.82) is 0 Å². The number of fused-ring (bicyclic) bond motifs is 1. The second-order valence-corrected chi connectivity index (χ2v) is 4.61. The molecule has 2 N–H and O–H groups in total. The molecule has 1 atom stereocenters. The largest absolute Gasteiger partial charge is 0.396 e. The molecule has 1 heterocycles. The summed E-state index contributed by atoms with van der Waals surface area (Å²) < 4.78 is 24.7. The summed E-state index contributed by atoms with van der Waals surface area (Å²) in [6, 6.07) is 2.70. The van der Waals surface area contributed by atoms with Crippen LogP contribution < -0.4 is 10.6 Å². The second-order valence-electron chi connectivity index (χ2n) is 3.22. The number of hydrogen-bond donors (Lipinski definition) is 1. The number of rotatable bonds is 1. The molecule has 1 unspecified atom stereocenters. The Morgan fingerprint density at radius 2 is 2.40 bits per heavy atom. The van der Waals surface area contributed by atoms with Gasteiger partial charge in [0.1, 0.15) is 5.82 Å². The van der Waals surface area contributed by atoms with Gasteiger partial charge < -0.3 is 10.6 Å². The number of hydrogen-bond acceptors (Lipinski definition) is 3. The van der Waals surface area contributed by atoms with Crippen LogP contribution in [0, 0.1) is 18.2 Å². The lowest BCUT2D eigenvalue weighted by Gasteiger charge is -2.14. The molecule has 0 aliphatic carbocycles. The first-order valence-electron chi connectivity index (χ1n) is 4.29. The van der Waals surface area contributed by atoms with Crippen LogP contribution in [0.4, 0.5) is 15.8 Å². The monoisotopic (exact) mass is 224 g/mol. The number of nitrogens with two attached hydrogens (primary N) is 1. The van der Waals surface area contributed by atoms with Gasteiger partial charge in [0, 0.05) is 0 Å². The average molecular weight is 224 g/mol. The minimum absolute atomic E-state index is 0.0506. The van der Waals surface area contributed by atoms with Gasteiger partial charge in [0.2, 0.25) is 0 Å². The summed E-state index contributed by atoms with van der Waals surface area (Å²) in [4.78, 5) is 2.22. The molecule has 0 spiro atoms. The van der Waals surface area contributed by atoms with Crippen molar-refractivity contribution in [3.63, 3.8) is 0 Å². The van der Waals surface area contributed by atoms with Crippen LogP contribution >= 0.6 is 0 Å². The van der Waals surface area contributed by atoms with Gasteiger partial charge >= 0.3 is 0 Å². The third kappa shape index (κ3) is 1.57. The Morgan fingerprint density at radius 3 is 3.07 bits per heavy atom. The molecule has 0 saturated carbocycles. The van der Waals surface area contributed by atoms with Crippen LogP contribution in [0.15, 0.2) is 17.0 Å². The number of nitrogen functional groups attached to an aromatic ring is 1. The molecule has 0 radical (unpaired) electrons. The van der Waals surface area contributed by atoms with Crippen molar-refractivity contribution in [2.45, 2.75) is 4.90 Å². The average Bonchev–Trinajstić information content (AvgIpc) is 2.46. The Labute approximate surface area is 89.5 Å². The summed E-state index contributed by atoms with van der Waals surface area (Å²) in [5, 5.41) is 0. The van der Waals surface area contributed by atoms with Crippen molar-refractivity contribution in [3.05, 3.63) is 17.9 Å². The number of terminal acetylenes is 1. The van der Waals surface area contributed by atoms with Crippen molar-refractivity contribution < 1.29 is 8.60 Å². The van der Waals surface area contributed by atoms with Crippen LogP contribution in [-0.2, 0) is 10.8 Å². The van der Waals surface area contributed by atoms with Gasteiger partial charge in [0.05, 0.1) is 39.5 Å². The van der Waals surface area contributed by atoms with Gasteiger partial charge in [-0.2, -0.15) is 0 Å². The lowest BCUT2D eigenvalue weighted by atomic mass is 10.2. The molecule has 78 valence electrons. The Balaban J connectivity index is 2.52. The zero-order chi connectivity index (χ0) is 11.0. The van der Waals surface area contributed by atoms with Crippen molar-refractivity contribution in [1.82, 2.24) is 0 Å². The topological polar surface area (TPSA) is 46.3 Å². The first-order chi connectivity index (χ1) is 7.13. The molecule has 0 saturated heterocycles. The fraction of sp³-hybridized carbons (Fsp3) is 0.200. The number of anilines is 2. The van der Waals surface area contributed by atoms with Crippen LogP contribution in [0.5, 0.6) is 0 Å². The van der Waals surface area contributed by atoms with E-state index < -0.39 is 16.6 Å². The summed E-state index contributed by atoms with van der Waals surface area (Å²) in [7, 11) is -1.21. The maximum absolute atomic E-state index is 13.1. The lowest BCUT2D eigenvalue weighted by Crippen LogP contribution is -2.21. The highest BCUT2D eigenvalue weighted by molar-refractivity contribution is 7.85. The number of benzene rings is 1. The molecule has 1 aliphatic heterocycles. The second kappa shape index (κ2) is 3.55. The minimum Gasteiger partial charge on any atom is -0.396 e. The van der Waals surface area contributed by atoms with Gasteiger partial charge in [-0.25, -0.2) is 4.39 Å². The zero-order valence-corrected chi connectivity index (χ0v) is 8.68. The summed E-state index contributed by atoms with van der Waals surface area (Å²) in [6.45, 7) is 0.351. The van der Waals surface area contributed by atoms with Gasteiger partial charge in [-0.15, -0.1) is 6.42 Å². The number of halogens is 1. The van der Waals surface area contributed by atoms with Crippen molar-refractivity contribution >= 4 is 22.2 Å². The molecular weight excluding hydrogens is 215 g/mol. The molecule has 0 fully saturated rings. The maximum atomic E-state index is 13.1. The third-order valence-corrected chi connectivity index (χ3v) is 3.58. The molecule has 5 heteroatoms. The van der Waals surface area contributed by atoms with Crippen molar-refractivity contribution in [2.75, 3.05) is 23.1 Å². The highest BCUT2D eigenvalue weighted by Crippen LogP contribution is 2.34. The highest BCUT2D eigenvalue weighted by Gasteiger charge is 2.26. The zero-order valence-electron chi connectivity index (χ0n) is 7.87. The molecule has 2 rings (SSSR count). The van der Waals surface area contributed by atoms with Crippen LogP contribution in [0.1, 0.15) is 0 Å².